The van der Waals surface area contributed by atoms with Crippen molar-refractivity contribution in [1.29, 1.82) is 0 Å². The van der Waals surface area contributed by atoms with Crippen LogP contribution in [0.2, 0.25) is 0 Å². The zero-order valence-corrected chi connectivity index (χ0v) is 12.0. The molecule has 2 rings (SSSR count). The Hall–Kier alpha value is -0.450. The van der Waals surface area contributed by atoms with E-state index >= 15 is 0 Å². The molecule has 0 spiro atoms. The van der Waals surface area contributed by atoms with Crippen LogP contribution in [-0.2, 0) is 6.54 Å². The number of likely N-dealkylation sites (tertiary alicyclic amines) is 1. The lowest BCUT2D eigenvalue weighted by Gasteiger charge is -2.28. The average Bonchev–Trinajstić information content (AvgIpc) is 2.59. The van der Waals surface area contributed by atoms with Gasteiger partial charge in [0.25, 0.3) is 0 Å². The molecule has 0 bridgehead atoms. The summed E-state index contributed by atoms with van der Waals surface area (Å²) in [6.45, 7) is 2.01. The molecule has 1 fully saturated rings. The van der Waals surface area contributed by atoms with Crippen molar-refractivity contribution in [2.24, 2.45) is 0 Å². The van der Waals surface area contributed by atoms with Gasteiger partial charge in [0, 0.05) is 12.6 Å². The van der Waals surface area contributed by atoms with Crippen LogP contribution < -0.4 is 0 Å². The molecule has 4 heteroatoms. The molecule has 2 nitrogen and oxygen atoms in total. The monoisotopic (exact) mass is 315 g/mol. The van der Waals surface area contributed by atoms with E-state index in [1.807, 2.05) is 12.1 Å². The molecule has 1 N–H and O–H groups in total. The first-order valence-electron chi connectivity index (χ1n) is 6.49. The van der Waals surface area contributed by atoms with Gasteiger partial charge in [-0.2, -0.15) is 0 Å². The van der Waals surface area contributed by atoms with Gasteiger partial charge in [0.15, 0.2) is 0 Å². The SMILES string of the molecule is OCC1CCCCCN1Cc1ccc(F)c(Br)c1. The first-order valence-corrected chi connectivity index (χ1v) is 7.29. The molecular weight excluding hydrogens is 297 g/mol. The van der Waals surface area contributed by atoms with E-state index < -0.39 is 0 Å². The summed E-state index contributed by atoms with van der Waals surface area (Å²) in [7, 11) is 0. The Morgan fingerprint density at radius 2 is 2.17 bits per heavy atom. The van der Waals surface area contributed by atoms with Crippen LogP contribution in [0, 0.1) is 5.82 Å². The maximum Gasteiger partial charge on any atom is 0.137 e. The predicted molar refractivity (Wildman–Crippen MR) is 73.9 cm³/mol. The van der Waals surface area contributed by atoms with Crippen molar-refractivity contribution in [1.82, 2.24) is 4.90 Å². The Labute approximate surface area is 116 Å². The molecule has 0 amide bonds. The van der Waals surface area contributed by atoms with Gasteiger partial charge in [-0.1, -0.05) is 18.9 Å². The van der Waals surface area contributed by atoms with E-state index in [2.05, 4.69) is 20.8 Å². The number of nitrogens with zero attached hydrogens (tertiary/aromatic N) is 1. The fraction of sp³-hybridized carbons (Fsp3) is 0.571. The number of aliphatic hydroxyl groups is 1. The molecule has 100 valence electrons. The molecule has 1 aromatic carbocycles. The summed E-state index contributed by atoms with van der Waals surface area (Å²) in [5.74, 6) is -0.228. The topological polar surface area (TPSA) is 23.5 Å². The zero-order chi connectivity index (χ0) is 13.0. The van der Waals surface area contributed by atoms with E-state index in [1.165, 1.54) is 25.3 Å². The Morgan fingerprint density at radius 1 is 1.33 bits per heavy atom. The minimum absolute atomic E-state index is 0.211. The average molecular weight is 316 g/mol. The van der Waals surface area contributed by atoms with E-state index in [0.717, 1.165) is 25.1 Å². The molecule has 0 saturated carbocycles. The number of rotatable bonds is 3. The van der Waals surface area contributed by atoms with Crippen molar-refractivity contribution in [2.45, 2.75) is 38.3 Å². The smallest absolute Gasteiger partial charge is 0.137 e. The number of aliphatic hydroxyl groups excluding tert-OH is 1. The number of hydrogen-bond acceptors (Lipinski definition) is 2. The van der Waals surface area contributed by atoms with Crippen molar-refractivity contribution in [3.63, 3.8) is 0 Å². The molecule has 1 atom stereocenters. The maximum atomic E-state index is 13.2. The normalized spacial score (nSPS) is 21.8. The second kappa shape index (κ2) is 6.64. The summed E-state index contributed by atoms with van der Waals surface area (Å²) < 4.78 is 13.7. The van der Waals surface area contributed by atoms with Gasteiger partial charge in [-0.05, 0) is 53.0 Å². The molecule has 0 aromatic heterocycles. The van der Waals surface area contributed by atoms with Crippen LogP contribution >= 0.6 is 15.9 Å². The van der Waals surface area contributed by atoms with E-state index in [9.17, 15) is 9.50 Å². The molecule has 1 unspecified atom stereocenters. The minimum atomic E-state index is -0.228. The van der Waals surface area contributed by atoms with Crippen LogP contribution in [0.4, 0.5) is 4.39 Å². The Kier molecular flexibility index (Phi) is 5.15. The van der Waals surface area contributed by atoms with Gasteiger partial charge in [-0.15, -0.1) is 0 Å². The van der Waals surface area contributed by atoms with Gasteiger partial charge >= 0.3 is 0 Å². The molecule has 1 aliphatic rings. The largest absolute Gasteiger partial charge is 0.395 e. The summed E-state index contributed by atoms with van der Waals surface area (Å²) in [6.07, 6.45) is 4.66. The number of hydrogen-bond donors (Lipinski definition) is 1. The molecule has 0 aliphatic carbocycles. The highest BCUT2D eigenvalue weighted by molar-refractivity contribution is 9.10. The lowest BCUT2D eigenvalue weighted by atomic mass is 10.1. The highest BCUT2D eigenvalue weighted by Gasteiger charge is 2.20. The second-order valence-electron chi connectivity index (χ2n) is 4.90. The molecule has 1 aliphatic heterocycles. The summed E-state index contributed by atoms with van der Waals surface area (Å²) in [6, 6.07) is 5.38. The summed E-state index contributed by atoms with van der Waals surface area (Å²) in [4.78, 5) is 2.31. The lowest BCUT2D eigenvalue weighted by Crippen LogP contribution is -2.36. The first kappa shape index (κ1) is 14.0. The van der Waals surface area contributed by atoms with Crippen LogP contribution in [0.3, 0.4) is 0 Å². The van der Waals surface area contributed by atoms with Gasteiger partial charge in [0.05, 0.1) is 11.1 Å². The standard InChI is InChI=1S/C14H19BrFNO/c15-13-8-11(5-6-14(13)16)9-17-7-3-1-2-4-12(17)10-18/h5-6,8,12,18H,1-4,7,9-10H2. The maximum absolute atomic E-state index is 13.2. The van der Waals surface area contributed by atoms with Crippen molar-refractivity contribution < 1.29 is 9.50 Å². The predicted octanol–water partition coefficient (Wildman–Crippen LogP) is 3.33. The lowest BCUT2D eigenvalue weighted by molar-refractivity contribution is 0.118. The first-order chi connectivity index (χ1) is 8.70. The van der Waals surface area contributed by atoms with Gasteiger partial charge < -0.3 is 5.11 Å². The second-order valence-corrected chi connectivity index (χ2v) is 5.76. The number of halogens is 2. The van der Waals surface area contributed by atoms with Crippen LogP contribution in [0.1, 0.15) is 31.2 Å². The van der Waals surface area contributed by atoms with E-state index in [4.69, 9.17) is 0 Å². The summed E-state index contributed by atoms with van der Waals surface area (Å²) in [5, 5.41) is 9.45. The highest BCUT2D eigenvalue weighted by atomic mass is 79.9. The number of benzene rings is 1. The third kappa shape index (κ3) is 3.53. The summed E-state index contributed by atoms with van der Waals surface area (Å²) >= 11 is 3.22. The van der Waals surface area contributed by atoms with Gasteiger partial charge in [-0.3, -0.25) is 4.90 Å². The van der Waals surface area contributed by atoms with Gasteiger partial charge in [-0.25, -0.2) is 4.39 Å². The molecule has 18 heavy (non-hydrogen) atoms. The van der Waals surface area contributed by atoms with Crippen molar-refractivity contribution in [3.05, 3.63) is 34.1 Å². The third-order valence-corrected chi connectivity index (χ3v) is 4.19. The van der Waals surface area contributed by atoms with Gasteiger partial charge in [0.1, 0.15) is 5.82 Å². The van der Waals surface area contributed by atoms with Crippen LogP contribution in [0.5, 0.6) is 0 Å². The molecule has 0 radical (unpaired) electrons. The summed E-state index contributed by atoms with van der Waals surface area (Å²) in [5.41, 5.74) is 1.09. The molecular formula is C14H19BrFNO. The van der Waals surface area contributed by atoms with E-state index in [-0.39, 0.29) is 18.5 Å². The van der Waals surface area contributed by atoms with Crippen molar-refractivity contribution >= 4 is 15.9 Å². The fourth-order valence-corrected chi connectivity index (χ4v) is 2.95. The minimum Gasteiger partial charge on any atom is -0.395 e. The quantitative estimate of drug-likeness (QED) is 0.925. The Morgan fingerprint density at radius 3 is 2.89 bits per heavy atom. The van der Waals surface area contributed by atoms with Crippen LogP contribution in [-0.4, -0.2) is 29.2 Å². The zero-order valence-electron chi connectivity index (χ0n) is 10.4. The van der Waals surface area contributed by atoms with Crippen molar-refractivity contribution in [3.8, 4) is 0 Å². The highest BCUT2D eigenvalue weighted by Crippen LogP contribution is 2.22. The molecule has 1 saturated heterocycles. The molecule has 1 heterocycles. The van der Waals surface area contributed by atoms with Crippen LogP contribution in [0.15, 0.2) is 22.7 Å². The van der Waals surface area contributed by atoms with Gasteiger partial charge in [0.2, 0.25) is 0 Å². The Bertz CT molecular complexity index is 399. The third-order valence-electron chi connectivity index (χ3n) is 3.58. The van der Waals surface area contributed by atoms with E-state index in [1.54, 1.807) is 0 Å². The molecule has 1 aromatic rings. The van der Waals surface area contributed by atoms with Crippen LogP contribution in [0.25, 0.3) is 0 Å². The fourth-order valence-electron chi connectivity index (χ4n) is 2.52. The Balaban J connectivity index is 2.07. The van der Waals surface area contributed by atoms with E-state index in [0.29, 0.717) is 4.47 Å². The van der Waals surface area contributed by atoms with Crippen molar-refractivity contribution in [2.75, 3.05) is 13.2 Å².